The summed E-state index contributed by atoms with van der Waals surface area (Å²) in [5.74, 6) is -0.467. The lowest BCUT2D eigenvalue weighted by atomic mass is 10.00. The van der Waals surface area contributed by atoms with Gasteiger partial charge in [0.15, 0.2) is 0 Å². The van der Waals surface area contributed by atoms with Gasteiger partial charge in [0, 0.05) is 0 Å². The van der Waals surface area contributed by atoms with Crippen LogP contribution in [0.15, 0.2) is 72.8 Å². The lowest BCUT2D eigenvalue weighted by Gasteiger charge is -2.23. The normalized spacial score (nSPS) is 13.9. The molecule has 4 rings (SSSR count). The molecule has 1 aliphatic rings. The third-order valence-corrected chi connectivity index (χ3v) is 5.46. The van der Waals surface area contributed by atoms with E-state index in [2.05, 4.69) is 6.07 Å². The van der Waals surface area contributed by atoms with Crippen molar-refractivity contribution in [3.8, 4) is 6.07 Å². The molecular formula is C25H20N2O2. The van der Waals surface area contributed by atoms with E-state index >= 15 is 0 Å². The van der Waals surface area contributed by atoms with Gasteiger partial charge in [0.25, 0.3) is 11.8 Å². The summed E-state index contributed by atoms with van der Waals surface area (Å²) in [6.45, 7) is 1.88. The molecule has 0 radical (unpaired) electrons. The summed E-state index contributed by atoms with van der Waals surface area (Å²) in [6.07, 6.45) is 1.77. The molecule has 29 heavy (non-hydrogen) atoms. The molecule has 1 aliphatic heterocycles. The Bertz CT molecular complexity index is 1070. The van der Waals surface area contributed by atoms with Gasteiger partial charge < -0.3 is 0 Å². The van der Waals surface area contributed by atoms with Crippen LogP contribution in [0.4, 0.5) is 0 Å². The van der Waals surface area contributed by atoms with Crippen LogP contribution in [0.3, 0.4) is 0 Å². The molecule has 1 heterocycles. The molecule has 0 aromatic heterocycles. The van der Waals surface area contributed by atoms with Crippen LogP contribution in [0.25, 0.3) is 0 Å². The first-order valence-corrected chi connectivity index (χ1v) is 9.63. The lowest BCUT2D eigenvalue weighted by molar-refractivity contribution is 0.0595. The highest BCUT2D eigenvalue weighted by Gasteiger charge is 2.38. The van der Waals surface area contributed by atoms with Gasteiger partial charge >= 0.3 is 0 Å². The van der Waals surface area contributed by atoms with Crippen molar-refractivity contribution < 1.29 is 9.59 Å². The Labute approximate surface area is 170 Å². The summed E-state index contributed by atoms with van der Waals surface area (Å²) in [6, 6.07) is 24.5. The molecule has 0 N–H and O–H groups in total. The van der Waals surface area contributed by atoms with Crippen LogP contribution in [0.2, 0.25) is 0 Å². The molecule has 0 bridgehead atoms. The number of carbonyl (C=O) groups excluding carboxylic acids is 2. The number of benzene rings is 3. The second kappa shape index (κ2) is 7.73. The third-order valence-electron chi connectivity index (χ3n) is 5.46. The molecule has 2 amide bonds. The highest BCUT2D eigenvalue weighted by molar-refractivity contribution is 6.21. The first-order chi connectivity index (χ1) is 14.1. The highest BCUT2D eigenvalue weighted by Crippen LogP contribution is 2.31. The maximum Gasteiger partial charge on any atom is 0.262 e. The van der Waals surface area contributed by atoms with Crippen LogP contribution < -0.4 is 0 Å². The molecule has 0 fully saturated rings. The van der Waals surface area contributed by atoms with Crippen molar-refractivity contribution in [3.05, 3.63) is 106 Å². The lowest BCUT2D eigenvalue weighted by Crippen LogP contribution is -2.32. The first-order valence-electron chi connectivity index (χ1n) is 9.63. The van der Waals surface area contributed by atoms with Crippen molar-refractivity contribution >= 4 is 11.8 Å². The molecule has 0 spiro atoms. The van der Waals surface area contributed by atoms with Crippen LogP contribution in [0.5, 0.6) is 0 Å². The number of nitriles is 1. The van der Waals surface area contributed by atoms with E-state index < -0.39 is 0 Å². The van der Waals surface area contributed by atoms with E-state index in [1.54, 1.807) is 24.3 Å². The summed E-state index contributed by atoms with van der Waals surface area (Å²) in [5, 5.41) is 8.87. The zero-order valence-electron chi connectivity index (χ0n) is 16.1. The number of fused-ring (bicyclic) bond motifs is 1. The number of hydrogen-bond acceptors (Lipinski definition) is 3. The van der Waals surface area contributed by atoms with E-state index in [9.17, 15) is 9.59 Å². The monoisotopic (exact) mass is 380 g/mol. The van der Waals surface area contributed by atoms with Crippen molar-refractivity contribution in [2.75, 3.05) is 0 Å². The Morgan fingerprint density at radius 1 is 0.793 bits per heavy atom. The summed E-state index contributed by atoms with van der Waals surface area (Å²) < 4.78 is 0. The molecule has 0 saturated heterocycles. The molecule has 1 unspecified atom stereocenters. The van der Waals surface area contributed by atoms with Crippen LogP contribution in [-0.4, -0.2) is 16.7 Å². The molecule has 0 saturated carbocycles. The van der Waals surface area contributed by atoms with Crippen molar-refractivity contribution in [2.24, 2.45) is 0 Å². The van der Waals surface area contributed by atoms with Crippen LogP contribution in [-0.2, 0) is 12.8 Å². The van der Waals surface area contributed by atoms with Gasteiger partial charge in [-0.3, -0.25) is 14.5 Å². The van der Waals surface area contributed by atoms with E-state index in [4.69, 9.17) is 5.26 Å². The molecule has 4 nitrogen and oxygen atoms in total. The standard InChI is InChI=1S/C25H20N2O2/c1-17(27-24(28)22-4-2-3-5-23(22)25(27)29)21-14-12-19(13-15-21)7-6-18-8-10-20(16-26)11-9-18/h2-5,8-15,17H,6-7H2,1H3. The first kappa shape index (κ1) is 18.6. The Kier molecular flexibility index (Phi) is 4.97. The smallest absolute Gasteiger partial charge is 0.262 e. The van der Waals surface area contributed by atoms with Crippen molar-refractivity contribution in [3.63, 3.8) is 0 Å². The SMILES string of the molecule is CC(c1ccc(CCc2ccc(C#N)cc2)cc1)N1C(=O)c2ccccc2C1=O. The van der Waals surface area contributed by atoms with E-state index in [1.165, 1.54) is 16.0 Å². The highest BCUT2D eigenvalue weighted by atomic mass is 16.2. The predicted molar refractivity (Wildman–Crippen MR) is 110 cm³/mol. The fraction of sp³-hybridized carbons (Fsp3) is 0.160. The number of imide groups is 1. The van der Waals surface area contributed by atoms with Crippen molar-refractivity contribution in [1.82, 2.24) is 4.90 Å². The number of rotatable bonds is 5. The summed E-state index contributed by atoms with van der Waals surface area (Å²) >= 11 is 0. The van der Waals surface area contributed by atoms with Gasteiger partial charge in [-0.1, -0.05) is 48.5 Å². The second-order valence-electron chi connectivity index (χ2n) is 7.25. The van der Waals surface area contributed by atoms with E-state index in [-0.39, 0.29) is 17.9 Å². The third kappa shape index (κ3) is 3.55. The average Bonchev–Trinajstić information content (AvgIpc) is 3.03. The predicted octanol–water partition coefficient (Wildman–Crippen LogP) is 4.70. The zero-order chi connectivity index (χ0) is 20.4. The van der Waals surface area contributed by atoms with Crippen LogP contribution >= 0.6 is 0 Å². The van der Waals surface area contributed by atoms with Crippen LogP contribution in [0.1, 0.15) is 55.9 Å². The molecule has 3 aromatic rings. The zero-order valence-corrected chi connectivity index (χ0v) is 16.1. The van der Waals surface area contributed by atoms with Gasteiger partial charge in [0.05, 0.1) is 28.8 Å². The van der Waals surface area contributed by atoms with Crippen molar-refractivity contribution in [2.45, 2.75) is 25.8 Å². The van der Waals surface area contributed by atoms with E-state index in [0.717, 1.165) is 18.4 Å². The van der Waals surface area contributed by atoms with Gasteiger partial charge in [0.2, 0.25) is 0 Å². The number of amides is 2. The fourth-order valence-electron chi connectivity index (χ4n) is 3.71. The maximum atomic E-state index is 12.7. The quantitative estimate of drug-likeness (QED) is 0.603. The largest absolute Gasteiger partial charge is 0.269 e. The van der Waals surface area contributed by atoms with Gasteiger partial charge in [-0.25, -0.2) is 0 Å². The maximum absolute atomic E-state index is 12.7. The van der Waals surface area contributed by atoms with Gasteiger partial charge in [0.1, 0.15) is 0 Å². The molecular weight excluding hydrogens is 360 g/mol. The van der Waals surface area contributed by atoms with Crippen molar-refractivity contribution in [1.29, 1.82) is 5.26 Å². The fourth-order valence-corrected chi connectivity index (χ4v) is 3.71. The van der Waals surface area contributed by atoms with E-state index in [0.29, 0.717) is 16.7 Å². The molecule has 0 aliphatic carbocycles. The van der Waals surface area contributed by atoms with Gasteiger partial charge in [-0.05, 0) is 60.7 Å². The second-order valence-corrected chi connectivity index (χ2v) is 7.25. The Hall–Kier alpha value is -3.71. The molecule has 142 valence electrons. The van der Waals surface area contributed by atoms with Crippen LogP contribution in [0, 0.1) is 11.3 Å². The minimum atomic E-state index is -0.324. The average molecular weight is 380 g/mol. The minimum Gasteiger partial charge on any atom is -0.269 e. The number of carbonyl (C=O) groups is 2. The topological polar surface area (TPSA) is 61.2 Å². The number of nitrogens with zero attached hydrogens (tertiary/aromatic N) is 2. The molecule has 3 aromatic carbocycles. The van der Waals surface area contributed by atoms with Gasteiger partial charge in [-0.15, -0.1) is 0 Å². The number of aryl methyl sites for hydroxylation is 2. The Morgan fingerprint density at radius 3 is 1.76 bits per heavy atom. The molecule has 4 heteroatoms. The Morgan fingerprint density at radius 2 is 1.28 bits per heavy atom. The summed E-state index contributed by atoms with van der Waals surface area (Å²) in [5.41, 5.74) is 4.92. The minimum absolute atomic E-state index is 0.233. The summed E-state index contributed by atoms with van der Waals surface area (Å²) in [7, 11) is 0. The van der Waals surface area contributed by atoms with Gasteiger partial charge in [-0.2, -0.15) is 5.26 Å². The Balaban J connectivity index is 1.44. The molecule has 1 atom stereocenters. The number of hydrogen-bond donors (Lipinski definition) is 0. The summed E-state index contributed by atoms with van der Waals surface area (Å²) in [4.78, 5) is 26.7. The van der Waals surface area contributed by atoms with E-state index in [1.807, 2.05) is 55.5 Å².